The van der Waals surface area contributed by atoms with Gasteiger partial charge in [0.05, 0.1) is 5.02 Å². The minimum absolute atomic E-state index is 0.153. The van der Waals surface area contributed by atoms with Crippen molar-refractivity contribution in [2.75, 3.05) is 6.54 Å². The number of hydrogen-bond acceptors (Lipinski definition) is 3. The molecule has 2 aromatic rings. The van der Waals surface area contributed by atoms with Gasteiger partial charge in [-0.25, -0.2) is 9.37 Å². The summed E-state index contributed by atoms with van der Waals surface area (Å²) < 4.78 is 14.6. The molecule has 1 N–H and O–H groups in total. The lowest BCUT2D eigenvalue weighted by molar-refractivity contribution is 0.624. The number of hydrogen-bond donors (Lipinski definition) is 1. The van der Waals surface area contributed by atoms with Gasteiger partial charge in [0, 0.05) is 26.6 Å². The highest BCUT2D eigenvalue weighted by Crippen LogP contribution is 2.15. The number of rotatable bonds is 5. The SMILES string of the molecule is Cn1cnc(CCNCc2ccc(F)c(Cl)c2)n1. The first-order valence-electron chi connectivity index (χ1n) is 5.64. The van der Waals surface area contributed by atoms with Crippen LogP contribution in [0.4, 0.5) is 4.39 Å². The molecule has 0 unspecified atom stereocenters. The lowest BCUT2D eigenvalue weighted by Crippen LogP contribution is -2.17. The number of nitrogens with zero attached hydrogens (tertiary/aromatic N) is 3. The molecule has 0 aliphatic rings. The zero-order valence-corrected chi connectivity index (χ0v) is 10.8. The maximum Gasteiger partial charge on any atom is 0.151 e. The number of halogens is 2. The van der Waals surface area contributed by atoms with Crippen molar-refractivity contribution in [3.05, 3.63) is 46.8 Å². The van der Waals surface area contributed by atoms with Crippen molar-refractivity contribution in [1.82, 2.24) is 20.1 Å². The summed E-state index contributed by atoms with van der Waals surface area (Å²) in [6.07, 6.45) is 2.44. The molecule has 0 amide bonds. The van der Waals surface area contributed by atoms with Crippen LogP contribution >= 0.6 is 11.6 Å². The normalized spacial score (nSPS) is 10.8. The van der Waals surface area contributed by atoms with Crippen molar-refractivity contribution in [3.8, 4) is 0 Å². The zero-order valence-electron chi connectivity index (χ0n) is 10.0. The van der Waals surface area contributed by atoms with Gasteiger partial charge in [-0.1, -0.05) is 17.7 Å². The molecule has 2 rings (SSSR count). The maximum atomic E-state index is 12.9. The highest BCUT2D eigenvalue weighted by Gasteiger charge is 2.01. The van der Waals surface area contributed by atoms with Gasteiger partial charge in [0.2, 0.25) is 0 Å². The summed E-state index contributed by atoms with van der Waals surface area (Å²) in [5.41, 5.74) is 0.954. The molecular weight excluding hydrogens is 255 g/mol. The Labute approximate surface area is 110 Å². The van der Waals surface area contributed by atoms with Crippen LogP contribution in [0.15, 0.2) is 24.5 Å². The van der Waals surface area contributed by atoms with E-state index in [9.17, 15) is 4.39 Å². The molecule has 4 nitrogen and oxygen atoms in total. The lowest BCUT2D eigenvalue weighted by Gasteiger charge is -2.04. The molecule has 18 heavy (non-hydrogen) atoms. The van der Waals surface area contributed by atoms with Crippen LogP contribution in [-0.4, -0.2) is 21.3 Å². The van der Waals surface area contributed by atoms with Gasteiger partial charge >= 0.3 is 0 Å². The zero-order chi connectivity index (χ0) is 13.0. The minimum atomic E-state index is -0.391. The fourth-order valence-corrected chi connectivity index (χ4v) is 1.78. The molecule has 0 saturated carbocycles. The van der Waals surface area contributed by atoms with Gasteiger partial charge < -0.3 is 5.32 Å². The van der Waals surface area contributed by atoms with Crippen LogP contribution in [0.5, 0.6) is 0 Å². The van der Waals surface area contributed by atoms with E-state index in [0.29, 0.717) is 6.54 Å². The van der Waals surface area contributed by atoms with E-state index in [4.69, 9.17) is 11.6 Å². The van der Waals surface area contributed by atoms with Crippen LogP contribution in [-0.2, 0) is 20.0 Å². The second-order valence-corrected chi connectivity index (χ2v) is 4.42. The van der Waals surface area contributed by atoms with Crippen LogP contribution in [0, 0.1) is 5.82 Å². The third-order valence-corrected chi connectivity index (χ3v) is 2.78. The van der Waals surface area contributed by atoms with Crippen LogP contribution in [0.1, 0.15) is 11.4 Å². The van der Waals surface area contributed by atoms with Crippen molar-refractivity contribution < 1.29 is 4.39 Å². The van der Waals surface area contributed by atoms with Crippen molar-refractivity contribution in [2.45, 2.75) is 13.0 Å². The van der Waals surface area contributed by atoms with E-state index >= 15 is 0 Å². The molecule has 0 bridgehead atoms. The van der Waals surface area contributed by atoms with E-state index in [1.807, 2.05) is 7.05 Å². The van der Waals surface area contributed by atoms with Gasteiger partial charge in [-0.15, -0.1) is 0 Å². The fourth-order valence-electron chi connectivity index (χ4n) is 1.58. The monoisotopic (exact) mass is 268 g/mol. The van der Waals surface area contributed by atoms with Gasteiger partial charge in [-0.2, -0.15) is 5.10 Å². The second kappa shape index (κ2) is 5.93. The quantitative estimate of drug-likeness (QED) is 0.843. The number of aromatic nitrogens is 3. The van der Waals surface area contributed by atoms with E-state index in [0.717, 1.165) is 24.4 Å². The highest BCUT2D eigenvalue weighted by atomic mass is 35.5. The average Bonchev–Trinajstić information content (AvgIpc) is 2.75. The molecule has 0 fully saturated rings. The van der Waals surface area contributed by atoms with Gasteiger partial charge in [0.15, 0.2) is 5.82 Å². The Morgan fingerprint density at radius 1 is 1.44 bits per heavy atom. The molecule has 0 spiro atoms. The largest absolute Gasteiger partial charge is 0.312 e. The first-order chi connectivity index (χ1) is 8.65. The summed E-state index contributed by atoms with van der Waals surface area (Å²) in [5.74, 6) is 0.417. The first kappa shape index (κ1) is 13.0. The van der Waals surface area contributed by atoms with E-state index in [-0.39, 0.29) is 5.02 Å². The molecule has 1 aromatic heterocycles. The maximum absolute atomic E-state index is 12.9. The molecule has 1 heterocycles. The first-order valence-corrected chi connectivity index (χ1v) is 6.02. The van der Waals surface area contributed by atoms with Gasteiger partial charge in [-0.3, -0.25) is 4.68 Å². The summed E-state index contributed by atoms with van der Waals surface area (Å²) in [7, 11) is 1.84. The Morgan fingerprint density at radius 2 is 2.28 bits per heavy atom. The molecule has 6 heteroatoms. The number of nitrogens with one attached hydrogen (secondary N) is 1. The molecule has 1 aromatic carbocycles. The summed E-state index contributed by atoms with van der Waals surface area (Å²) in [6, 6.07) is 4.72. The fraction of sp³-hybridized carbons (Fsp3) is 0.333. The Balaban J connectivity index is 1.76. The topological polar surface area (TPSA) is 42.7 Å². The van der Waals surface area contributed by atoms with E-state index in [1.54, 1.807) is 23.1 Å². The molecule has 0 aliphatic heterocycles. The third-order valence-electron chi connectivity index (χ3n) is 2.49. The molecular formula is C12H14ClFN4. The van der Waals surface area contributed by atoms with Gasteiger partial charge in [0.1, 0.15) is 12.1 Å². The Bertz CT molecular complexity index is 527. The predicted molar refractivity (Wildman–Crippen MR) is 67.8 cm³/mol. The average molecular weight is 269 g/mol. The van der Waals surface area contributed by atoms with Gasteiger partial charge in [-0.05, 0) is 17.7 Å². The highest BCUT2D eigenvalue weighted by molar-refractivity contribution is 6.30. The van der Waals surface area contributed by atoms with Crippen molar-refractivity contribution in [3.63, 3.8) is 0 Å². The van der Waals surface area contributed by atoms with Crippen LogP contribution in [0.2, 0.25) is 5.02 Å². The minimum Gasteiger partial charge on any atom is -0.312 e. The molecule has 0 saturated heterocycles. The molecule has 0 atom stereocenters. The Hall–Kier alpha value is -1.46. The van der Waals surface area contributed by atoms with Crippen LogP contribution < -0.4 is 5.32 Å². The van der Waals surface area contributed by atoms with Crippen molar-refractivity contribution in [1.29, 1.82) is 0 Å². The lowest BCUT2D eigenvalue weighted by atomic mass is 10.2. The molecule has 96 valence electrons. The predicted octanol–water partition coefficient (Wildman–Crippen LogP) is 1.94. The third kappa shape index (κ3) is 3.51. The van der Waals surface area contributed by atoms with E-state index in [1.165, 1.54) is 6.07 Å². The van der Waals surface area contributed by atoms with Gasteiger partial charge in [0.25, 0.3) is 0 Å². The second-order valence-electron chi connectivity index (χ2n) is 4.01. The Morgan fingerprint density at radius 3 is 2.94 bits per heavy atom. The van der Waals surface area contributed by atoms with Crippen molar-refractivity contribution >= 4 is 11.6 Å². The van der Waals surface area contributed by atoms with Crippen molar-refractivity contribution in [2.24, 2.45) is 7.05 Å². The number of benzene rings is 1. The Kier molecular flexibility index (Phi) is 4.28. The van der Waals surface area contributed by atoms with Crippen LogP contribution in [0.25, 0.3) is 0 Å². The molecule has 0 radical (unpaired) electrons. The van der Waals surface area contributed by atoms with Crippen LogP contribution in [0.3, 0.4) is 0 Å². The van der Waals surface area contributed by atoms with E-state index in [2.05, 4.69) is 15.4 Å². The smallest absolute Gasteiger partial charge is 0.151 e. The summed E-state index contributed by atoms with van der Waals surface area (Å²) >= 11 is 5.70. The van der Waals surface area contributed by atoms with E-state index < -0.39 is 5.82 Å². The standard InChI is InChI=1S/C12H14ClFN4/c1-18-8-16-12(17-18)4-5-15-7-9-2-3-11(14)10(13)6-9/h2-3,6,8,15H,4-5,7H2,1H3. The summed E-state index contributed by atoms with van der Waals surface area (Å²) in [5, 5.41) is 7.56. The summed E-state index contributed by atoms with van der Waals surface area (Å²) in [4.78, 5) is 4.13. The molecule has 0 aliphatic carbocycles. The summed E-state index contributed by atoms with van der Waals surface area (Å²) in [6.45, 7) is 1.41. The number of aryl methyl sites for hydroxylation is 1.